The second kappa shape index (κ2) is 5.96. The first-order chi connectivity index (χ1) is 10.1. The fourth-order valence-corrected chi connectivity index (χ4v) is 2.86. The maximum Gasteiger partial charge on any atom is 0.326 e. The lowest BCUT2D eigenvalue weighted by molar-refractivity contribution is 0.256. The number of nitrogens with one attached hydrogen (secondary N) is 1. The summed E-state index contributed by atoms with van der Waals surface area (Å²) in [5.41, 5.74) is 2.67. The number of hydrogen-bond acceptors (Lipinski definition) is 1. The molecular weight excluding hydrogens is 307 g/mol. The Bertz CT molecular complexity index is 688. The fourth-order valence-electron chi connectivity index (χ4n) is 2.52. The van der Waals surface area contributed by atoms with E-state index in [-0.39, 0.29) is 6.03 Å². The lowest BCUT2D eigenvalue weighted by atomic mass is 10.0. The molecule has 5 heteroatoms. The van der Waals surface area contributed by atoms with Crippen molar-refractivity contribution < 1.29 is 4.79 Å². The molecule has 1 aliphatic heterocycles. The molecule has 0 unspecified atom stereocenters. The van der Waals surface area contributed by atoms with Crippen LogP contribution in [0.2, 0.25) is 10.0 Å². The molecule has 0 saturated heterocycles. The predicted molar refractivity (Wildman–Crippen MR) is 87.6 cm³/mol. The van der Waals surface area contributed by atoms with Crippen molar-refractivity contribution in [1.29, 1.82) is 0 Å². The summed E-state index contributed by atoms with van der Waals surface area (Å²) in [5.74, 6) is 0. The standard InChI is InChI=1S/C16H14Cl2N2O/c17-12-7-8-13(18)14(10-12)19-16(21)20-9-3-5-11-4-1-2-6-15(11)20/h1-2,4,6-8,10H,3,5,9H2,(H,19,21). The third-order valence-electron chi connectivity index (χ3n) is 3.53. The Kier molecular flexibility index (Phi) is 4.04. The molecule has 0 fully saturated rings. The molecule has 0 saturated carbocycles. The van der Waals surface area contributed by atoms with Crippen LogP contribution in [0.5, 0.6) is 0 Å². The van der Waals surface area contributed by atoms with Gasteiger partial charge in [0.2, 0.25) is 0 Å². The van der Waals surface area contributed by atoms with Gasteiger partial charge in [-0.25, -0.2) is 4.79 Å². The second-order valence-corrected chi connectivity index (χ2v) is 5.78. The smallest absolute Gasteiger partial charge is 0.306 e. The Morgan fingerprint density at radius 3 is 2.81 bits per heavy atom. The molecule has 21 heavy (non-hydrogen) atoms. The minimum Gasteiger partial charge on any atom is -0.306 e. The van der Waals surface area contributed by atoms with E-state index in [4.69, 9.17) is 23.2 Å². The van der Waals surface area contributed by atoms with Gasteiger partial charge in [-0.05, 0) is 42.7 Å². The van der Waals surface area contributed by atoms with Crippen LogP contribution in [0.3, 0.4) is 0 Å². The molecule has 0 bridgehead atoms. The van der Waals surface area contributed by atoms with Crippen molar-refractivity contribution in [1.82, 2.24) is 0 Å². The molecule has 0 radical (unpaired) electrons. The van der Waals surface area contributed by atoms with Gasteiger partial charge in [-0.3, -0.25) is 4.90 Å². The average molecular weight is 321 g/mol. The van der Waals surface area contributed by atoms with Gasteiger partial charge in [0.05, 0.1) is 10.7 Å². The summed E-state index contributed by atoms with van der Waals surface area (Å²) in [4.78, 5) is 14.3. The molecule has 0 aromatic heterocycles. The van der Waals surface area contributed by atoms with Gasteiger partial charge in [0.25, 0.3) is 0 Å². The van der Waals surface area contributed by atoms with Crippen molar-refractivity contribution in [2.24, 2.45) is 0 Å². The lowest BCUT2D eigenvalue weighted by Crippen LogP contribution is -2.38. The minimum atomic E-state index is -0.189. The summed E-state index contributed by atoms with van der Waals surface area (Å²) < 4.78 is 0. The summed E-state index contributed by atoms with van der Waals surface area (Å²) in [6, 6.07) is 12.8. The third kappa shape index (κ3) is 2.99. The van der Waals surface area contributed by atoms with E-state index in [1.54, 1.807) is 23.1 Å². The largest absolute Gasteiger partial charge is 0.326 e. The SMILES string of the molecule is O=C(Nc1cc(Cl)ccc1Cl)N1CCCc2ccccc21. The quantitative estimate of drug-likeness (QED) is 0.789. The second-order valence-electron chi connectivity index (χ2n) is 4.94. The van der Waals surface area contributed by atoms with E-state index in [1.165, 1.54) is 5.56 Å². The molecule has 0 atom stereocenters. The van der Waals surface area contributed by atoms with Gasteiger partial charge in [0, 0.05) is 17.3 Å². The Labute approximate surface area is 133 Å². The van der Waals surface area contributed by atoms with Gasteiger partial charge < -0.3 is 5.32 Å². The predicted octanol–water partition coefficient (Wildman–Crippen LogP) is 4.98. The zero-order valence-corrected chi connectivity index (χ0v) is 12.8. The highest BCUT2D eigenvalue weighted by molar-refractivity contribution is 6.35. The number of rotatable bonds is 1. The molecule has 2 aromatic carbocycles. The van der Waals surface area contributed by atoms with Gasteiger partial charge in [0.1, 0.15) is 0 Å². The van der Waals surface area contributed by atoms with Crippen molar-refractivity contribution in [2.45, 2.75) is 12.8 Å². The number of carbonyl (C=O) groups excluding carboxylic acids is 1. The Balaban J connectivity index is 1.85. The number of amides is 2. The van der Waals surface area contributed by atoms with Crippen LogP contribution < -0.4 is 10.2 Å². The van der Waals surface area contributed by atoms with Crippen LogP contribution in [0.15, 0.2) is 42.5 Å². The number of hydrogen-bond donors (Lipinski definition) is 1. The van der Waals surface area contributed by atoms with Gasteiger partial charge in [-0.1, -0.05) is 41.4 Å². The Hall–Kier alpha value is -1.71. The molecule has 2 aromatic rings. The zero-order chi connectivity index (χ0) is 14.8. The van der Waals surface area contributed by atoms with Crippen LogP contribution in [0.4, 0.5) is 16.2 Å². The highest BCUT2D eigenvalue weighted by Crippen LogP contribution is 2.29. The monoisotopic (exact) mass is 320 g/mol. The molecule has 0 aliphatic carbocycles. The van der Waals surface area contributed by atoms with E-state index in [2.05, 4.69) is 11.4 Å². The molecule has 3 rings (SSSR count). The molecule has 2 amide bonds. The molecule has 0 spiro atoms. The Morgan fingerprint density at radius 2 is 1.95 bits per heavy atom. The van der Waals surface area contributed by atoms with E-state index >= 15 is 0 Å². The normalized spacial score (nSPS) is 13.7. The van der Waals surface area contributed by atoms with Crippen molar-refractivity contribution in [3.8, 4) is 0 Å². The number of aryl methyl sites for hydroxylation is 1. The lowest BCUT2D eigenvalue weighted by Gasteiger charge is -2.29. The Morgan fingerprint density at radius 1 is 1.14 bits per heavy atom. The molecule has 108 valence electrons. The van der Waals surface area contributed by atoms with E-state index in [0.29, 0.717) is 22.3 Å². The summed E-state index contributed by atoms with van der Waals surface area (Å²) in [6.45, 7) is 0.695. The van der Waals surface area contributed by atoms with Crippen molar-refractivity contribution in [2.75, 3.05) is 16.8 Å². The fraction of sp³-hybridized carbons (Fsp3) is 0.188. The average Bonchev–Trinajstić information content (AvgIpc) is 2.50. The number of urea groups is 1. The topological polar surface area (TPSA) is 32.3 Å². The van der Waals surface area contributed by atoms with Crippen LogP contribution in [0, 0.1) is 0 Å². The van der Waals surface area contributed by atoms with Crippen molar-refractivity contribution in [3.05, 3.63) is 58.1 Å². The highest BCUT2D eigenvalue weighted by atomic mass is 35.5. The summed E-state index contributed by atoms with van der Waals surface area (Å²) in [5, 5.41) is 3.84. The van der Waals surface area contributed by atoms with Gasteiger partial charge >= 0.3 is 6.03 Å². The van der Waals surface area contributed by atoms with Gasteiger partial charge in [-0.2, -0.15) is 0 Å². The number of benzene rings is 2. The number of halogens is 2. The first kappa shape index (κ1) is 14.2. The first-order valence-electron chi connectivity index (χ1n) is 6.76. The summed E-state index contributed by atoms with van der Waals surface area (Å²) in [6.07, 6.45) is 1.95. The molecule has 3 nitrogen and oxygen atoms in total. The minimum absolute atomic E-state index is 0.189. The van der Waals surface area contributed by atoms with Crippen LogP contribution in [-0.4, -0.2) is 12.6 Å². The van der Waals surface area contributed by atoms with Gasteiger partial charge in [-0.15, -0.1) is 0 Å². The number of anilines is 2. The zero-order valence-electron chi connectivity index (χ0n) is 11.3. The highest BCUT2D eigenvalue weighted by Gasteiger charge is 2.22. The van der Waals surface area contributed by atoms with Crippen LogP contribution in [-0.2, 0) is 6.42 Å². The summed E-state index contributed by atoms with van der Waals surface area (Å²) in [7, 11) is 0. The van der Waals surface area contributed by atoms with Crippen LogP contribution in [0.25, 0.3) is 0 Å². The molecular formula is C16H14Cl2N2O. The van der Waals surface area contributed by atoms with Crippen molar-refractivity contribution >= 4 is 40.6 Å². The van der Waals surface area contributed by atoms with E-state index < -0.39 is 0 Å². The van der Waals surface area contributed by atoms with Crippen molar-refractivity contribution in [3.63, 3.8) is 0 Å². The van der Waals surface area contributed by atoms with E-state index in [9.17, 15) is 4.79 Å². The third-order valence-corrected chi connectivity index (χ3v) is 4.09. The molecule has 1 aliphatic rings. The van der Waals surface area contributed by atoms with E-state index in [1.807, 2.05) is 18.2 Å². The summed E-state index contributed by atoms with van der Waals surface area (Å²) >= 11 is 12.0. The molecule has 1 heterocycles. The van der Waals surface area contributed by atoms with Gasteiger partial charge in [0.15, 0.2) is 0 Å². The van der Waals surface area contributed by atoms with Crippen LogP contribution >= 0.6 is 23.2 Å². The maximum atomic E-state index is 12.5. The first-order valence-corrected chi connectivity index (χ1v) is 7.52. The van der Waals surface area contributed by atoms with Crippen LogP contribution in [0.1, 0.15) is 12.0 Å². The molecule has 1 N–H and O–H groups in total. The number of nitrogens with zero attached hydrogens (tertiary/aromatic N) is 1. The number of carbonyl (C=O) groups is 1. The number of fused-ring (bicyclic) bond motifs is 1. The van der Waals surface area contributed by atoms with E-state index in [0.717, 1.165) is 18.5 Å². The maximum absolute atomic E-state index is 12.5. The number of para-hydroxylation sites is 1.